The van der Waals surface area contributed by atoms with E-state index >= 15 is 0 Å². The zero-order chi connectivity index (χ0) is 16.2. The number of methoxy groups -OCH3 is 1. The number of para-hydroxylation sites is 1. The zero-order valence-corrected chi connectivity index (χ0v) is 13.0. The van der Waals surface area contributed by atoms with Crippen LogP contribution in [0.2, 0.25) is 0 Å². The number of carbonyl (C=O) groups is 1. The molecule has 0 amide bonds. The van der Waals surface area contributed by atoms with E-state index in [2.05, 4.69) is 20.3 Å². The number of carbonyl (C=O) groups excluding carboxylic acids is 1. The minimum Gasteiger partial charge on any atom is -0.469 e. The van der Waals surface area contributed by atoms with Crippen molar-refractivity contribution in [2.24, 2.45) is 5.92 Å². The number of aromatic nitrogens is 4. The molecule has 0 aliphatic heterocycles. The van der Waals surface area contributed by atoms with Crippen molar-refractivity contribution in [2.75, 3.05) is 12.9 Å². The number of benzene rings is 1. The molecule has 0 spiro atoms. The Balaban J connectivity index is 2.18. The van der Waals surface area contributed by atoms with E-state index in [0.717, 1.165) is 0 Å². The van der Waals surface area contributed by atoms with Crippen LogP contribution in [-0.4, -0.2) is 47.5 Å². The number of nitrogens with zero attached hydrogens (tertiary/aromatic N) is 4. The van der Waals surface area contributed by atoms with Crippen molar-refractivity contribution in [3.8, 4) is 5.69 Å². The van der Waals surface area contributed by atoms with Gasteiger partial charge in [-0.15, -0.1) is 5.10 Å². The van der Waals surface area contributed by atoms with Gasteiger partial charge in [-0.3, -0.25) is 4.79 Å². The van der Waals surface area contributed by atoms with Gasteiger partial charge in [-0.05, 0) is 22.6 Å². The van der Waals surface area contributed by atoms with Crippen molar-refractivity contribution in [3.63, 3.8) is 0 Å². The fraction of sp³-hybridized carbons (Fsp3) is 0.385. The highest BCUT2D eigenvalue weighted by Crippen LogP contribution is 2.12. The molecular formula is C13H16N4O4S. The molecule has 0 saturated carbocycles. The van der Waals surface area contributed by atoms with Crippen molar-refractivity contribution >= 4 is 15.8 Å². The second kappa shape index (κ2) is 6.65. The highest BCUT2D eigenvalue weighted by molar-refractivity contribution is 7.90. The number of rotatable bonds is 6. The molecule has 1 aromatic heterocycles. The Labute approximate surface area is 128 Å². The van der Waals surface area contributed by atoms with E-state index in [1.807, 2.05) is 6.07 Å². The van der Waals surface area contributed by atoms with Gasteiger partial charge in [0, 0.05) is 0 Å². The topological polar surface area (TPSA) is 104 Å². The van der Waals surface area contributed by atoms with Gasteiger partial charge >= 0.3 is 5.97 Å². The smallest absolute Gasteiger partial charge is 0.309 e. The molecule has 2 rings (SSSR count). The Hall–Kier alpha value is -2.29. The number of tetrazole rings is 1. The van der Waals surface area contributed by atoms with Crippen LogP contribution in [0.3, 0.4) is 0 Å². The van der Waals surface area contributed by atoms with Gasteiger partial charge in [-0.2, -0.15) is 4.68 Å². The standard InChI is InChI=1S/C13H16N4O4S/c1-10(13(18)21-2)8-22(19,20)9-12-14-15-16-17(12)11-6-4-3-5-7-11/h3-7,10H,8-9H2,1-2H3. The second-order valence-corrected chi connectivity index (χ2v) is 6.93. The van der Waals surface area contributed by atoms with Gasteiger partial charge < -0.3 is 4.74 Å². The van der Waals surface area contributed by atoms with E-state index in [0.29, 0.717) is 5.69 Å². The van der Waals surface area contributed by atoms with E-state index in [9.17, 15) is 13.2 Å². The monoisotopic (exact) mass is 324 g/mol. The van der Waals surface area contributed by atoms with E-state index in [1.165, 1.54) is 18.7 Å². The van der Waals surface area contributed by atoms with Crippen LogP contribution in [0.1, 0.15) is 12.7 Å². The molecule has 0 N–H and O–H groups in total. The summed E-state index contributed by atoms with van der Waals surface area (Å²) in [5.41, 5.74) is 0.665. The largest absolute Gasteiger partial charge is 0.469 e. The van der Waals surface area contributed by atoms with Crippen molar-refractivity contribution in [1.82, 2.24) is 20.2 Å². The van der Waals surface area contributed by atoms with Crippen LogP contribution in [0.5, 0.6) is 0 Å². The van der Waals surface area contributed by atoms with Gasteiger partial charge in [0.15, 0.2) is 15.7 Å². The first-order valence-corrected chi connectivity index (χ1v) is 8.36. The van der Waals surface area contributed by atoms with Crippen LogP contribution in [0.15, 0.2) is 30.3 Å². The number of sulfone groups is 1. The molecule has 0 saturated heterocycles. The Bertz CT molecular complexity index is 742. The first-order chi connectivity index (χ1) is 10.4. The third-order valence-electron chi connectivity index (χ3n) is 2.99. The predicted octanol–water partition coefficient (Wildman–Crippen LogP) is 0.386. The summed E-state index contributed by atoms with van der Waals surface area (Å²) in [7, 11) is -2.33. The lowest BCUT2D eigenvalue weighted by Crippen LogP contribution is -2.24. The molecule has 1 heterocycles. The molecule has 1 aromatic carbocycles. The van der Waals surface area contributed by atoms with E-state index in [4.69, 9.17) is 0 Å². The molecule has 0 fully saturated rings. The second-order valence-electron chi connectivity index (χ2n) is 4.82. The highest BCUT2D eigenvalue weighted by Gasteiger charge is 2.25. The van der Waals surface area contributed by atoms with Gasteiger partial charge in [0.05, 0.1) is 24.5 Å². The van der Waals surface area contributed by atoms with Crippen LogP contribution in [0.25, 0.3) is 5.69 Å². The summed E-state index contributed by atoms with van der Waals surface area (Å²) in [6, 6.07) is 8.97. The highest BCUT2D eigenvalue weighted by atomic mass is 32.2. The van der Waals surface area contributed by atoms with Gasteiger partial charge in [0.2, 0.25) is 0 Å². The third-order valence-corrected chi connectivity index (χ3v) is 4.70. The van der Waals surface area contributed by atoms with Crippen molar-refractivity contribution in [3.05, 3.63) is 36.2 Å². The first kappa shape index (κ1) is 16.1. The summed E-state index contributed by atoms with van der Waals surface area (Å²) in [6.45, 7) is 1.50. The average molecular weight is 324 g/mol. The number of ether oxygens (including phenoxy) is 1. The van der Waals surface area contributed by atoms with Crippen molar-refractivity contribution < 1.29 is 17.9 Å². The van der Waals surface area contributed by atoms with E-state index in [-0.39, 0.29) is 17.3 Å². The fourth-order valence-electron chi connectivity index (χ4n) is 1.97. The molecule has 1 atom stereocenters. The maximum Gasteiger partial charge on any atom is 0.309 e. The van der Waals surface area contributed by atoms with Crippen LogP contribution >= 0.6 is 0 Å². The Kier molecular flexibility index (Phi) is 4.86. The molecule has 1 unspecified atom stereocenters. The quantitative estimate of drug-likeness (QED) is 0.708. The lowest BCUT2D eigenvalue weighted by atomic mass is 10.2. The van der Waals surface area contributed by atoms with Crippen LogP contribution < -0.4 is 0 Å². The molecule has 0 radical (unpaired) electrons. The minimum absolute atomic E-state index is 0.197. The average Bonchev–Trinajstić information content (AvgIpc) is 2.94. The Morgan fingerprint density at radius 2 is 2.00 bits per heavy atom. The normalized spacial score (nSPS) is 12.8. The maximum atomic E-state index is 12.2. The molecule has 0 bridgehead atoms. The molecule has 22 heavy (non-hydrogen) atoms. The van der Waals surface area contributed by atoms with Crippen LogP contribution in [-0.2, 0) is 25.1 Å². The number of hydrogen-bond acceptors (Lipinski definition) is 7. The van der Waals surface area contributed by atoms with Gasteiger partial charge in [-0.1, -0.05) is 25.1 Å². The number of esters is 1. The SMILES string of the molecule is COC(=O)C(C)CS(=O)(=O)Cc1nnnn1-c1ccccc1. The molecule has 0 aliphatic rings. The number of hydrogen-bond donors (Lipinski definition) is 0. The summed E-state index contributed by atoms with van der Waals surface area (Å²) < 4.78 is 30.3. The van der Waals surface area contributed by atoms with Gasteiger partial charge in [-0.25, -0.2) is 8.42 Å². The van der Waals surface area contributed by atoms with E-state index < -0.39 is 21.7 Å². The molecule has 0 aliphatic carbocycles. The summed E-state index contributed by atoms with van der Waals surface area (Å²) in [5, 5.41) is 11.1. The maximum absolute atomic E-state index is 12.2. The Morgan fingerprint density at radius 1 is 1.32 bits per heavy atom. The fourth-order valence-corrected chi connectivity index (χ4v) is 3.56. The van der Waals surface area contributed by atoms with Crippen LogP contribution in [0, 0.1) is 5.92 Å². The van der Waals surface area contributed by atoms with Gasteiger partial charge in [0.25, 0.3) is 0 Å². The Morgan fingerprint density at radius 3 is 2.64 bits per heavy atom. The molecule has 2 aromatic rings. The van der Waals surface area contributed by atoms with E-state index in [1.54, 1.807) is 24.3 Å². The zero-order valence-electron chi connectivity index (χ0n) is 12.2. The molecule has 8 nitrogen and oxygen atoms in total. The van der Waals surface area contributed by atoms with Crippen LogP contribution in [0.4, 0.5) is 0 Å². The summed E-state index contributed by atoms with van der Waals surface area (Å²) in [4.78, 5) is 11.3. The molecule has 118 valence electrons. The lowest BCUT2D eigenvalue weighted by Gasteiger charge is -2.10. The lowest BCUT2D eigenvalue weighted by molar-refractivity contribution is -0.144. The summed E-state index contributed by atoms with van der Waals surface area (Å²) >= 11 is 0. The molecule has 9 heteroatoms. The van der Waals surface area contributed by atoms with Crippen molar-refractivity contribution in [1.29, 1.82) is 0 Å². The third kappa shape index (κ3) is 3.88. The molecular weight excluding hydrogens is 308 g/mol. The summed E-state index contributed by atoms with van der Waals surface area (Å²) in [6.07, 6.45) is 0. The minimum atomic E-state index is -3.55. The predicted molar refractivity (Wildman–Crippen MR) is 77.8 cm³/mol. The summed E-state index contributed by atoms with van der Waals surface area (Å²) in [5.74, 6) is -1.78. The van der Waals surface area contributed by atoms with Gasteiger partial charge in [0.1, 0.15) is 5.75 Å². The van der Waals surface area contributed by atoms with Crippen molar-refractivity contribution in [2.45, 2.75) is 12.7 Å². The first-order valence-electron chi connectivity index (χ1n) is 6.54.